The Labute approximate surface area is 248 Å². The molecule has 0 amide bonds. The monoisotopic (exact) mass is 560 g/mol. The summed E-state index contributed by atoms with van der Waals surface area (Å²) in [6, 6.07) is 0. The maximum Gasteiger partial charge on any atom is 0.348 e. The number of rotatable bonds is 28. The molecule has 0 aliphatic carbocycles. The molecule has 0 N–H and O–H groups in total. The molecular weight excluding hydrogens is 496 g/mol. The molecule has 1 fully saturated rings. The maximum atomic E-state index is 12.3. The van der Waals surface area contributed by atoms with Crippen LogP contribution in [0, 0.1) is 0 Å². The number of carbonyl (C=O) groups excluding carboxylic acids is 2. The van der Waals surface area contributed by atoms with Gasteiger partial charge in [-0.15, -0.1) is 0 Å². The van der Waals surface area contributed by atoms with Gasteiger partial charge in [-0.1, -0.05) is 128 Å². The van der Waals surface area contributed by atoms with Crippen LogP contribution >= 0.6 is 0 Å². The zero-order valence-corrected chi connectivity index (χ0v) is 26.5. The molecular formula is C36H64O4. The highest BCUT2D eigenvalue weighted by Crippen LogP contribution is 2.21. The molecule has 1 rings (SSSR count). The van der Waals surface area contributed by atoms with Crippen LogP contribution in [0.1, 0.15) is 181 Å². The summed E-state index contributed by atoms with van der Waals surface area (Å²) >= 11 is 0. The van der Waals surface area contributed by atoms with Crippen molar-refractivity contribution in [2.45, 2.75) is 193 Å². The summed E-state index contributed by atoms with van der Waals surface area (Å²) in [5.41, 5.74) is 0. The van der Waals surface area contributed by atoms with Crippen molar-refractivity contribution in [2.24, 2.45) is 0 Å². The summed E-state index contributed by atoms with van der Waals surface area (Å²) in [6.07, 6.45) is 38.6. The molecule has 0 saturated carbocycles. The molecule has 1 heterocycles. The fourth-order valence-corrected chi connectivity index (χ4v) is 5.33. The van der Waals surface area contributed by atoms with Gasteiger partial charge in [0.1, 0.15) is 0 Å². The van der Waals surface area contributed by atoms with E-state index in [1.54, 1.807) is 0 Å². The Balaban J connectivity index is 1.95. The van der Waals surface area contributed by atoms with E-state index >= 15 is 0 Å². The van der Waals surface area contributed by atoms with Crippen molar-refractivity contribution in [3.05, 3.63) is 24.3 Å². The Morgan fingerprint density at radius 1 is 0.425 bits per heavy atom. The van der Waals surface area contributed by atoms with Crippen LogP contribution in [0.5, 0.6) is 0 Å². The molecule has 0 spiro atoms. The molecule has 4 nitrogen and oxygen atoms in total. The number of esters is 2. The highest BCUT2D eigenvalue weighted by atomic mass is 16.6. The van der Waals surface area contributed by atoms with E-state index in [-0.39, 0.29) is 11.9 Å². The Morgan fingerprint density at radius 3 is 1.02 bits per heavy atom. The Morgan fingerprint density at radius 2 is 0.700 bits per heavy atom. The van der Waals surface area contributed by atoms with Gasteiger partial charge in [0.15, 0.2) is 12.2 Å². The van der Waals surface area contributed by atoms with Gasteiger partial charge in [0.25, 0.3) is 0 Å². The quantitative estimate of drug-likeness (QED) is 0.0542. The van der Waals surface area contributed by atoms with Gasteiger partial charge >= 0.3 is 11.9 Å². The molecule has 232 valence electrons. The molecule has 0 aromatic rings. The highest BCUT2D eigenvalue weighted by molar-refractivity contribution is 5.87. The van der Waals surface area contributed by atoms with Crippen LogP contribution in [0.4, 0.5) is 0 Å². The largest absolute Gasteiger partial charge is 0.448 e. The van der Waals surface area contributed by atoms with Crippen molar-refractivity contribution >= 4 is 11.9 Å². The summed E-state index contributed by atoms with van der Waals surface area (Å²) in [6.45, 7) is 4.52. The van der Waals surface area contributed by atoms with Crippen molar-refractivity contribution in [3.8, 4) is 0 Å². The molecule has 4 heteroatoms. The number of allylic oxidation sites excluding steroid dienone is 4. The van der Waals surface area contributed by atoms with Crippen LogP contribution in [0.3, 0.4) is 0 Å². The number of hydrogen-bond donors (Lipinski definition) is 0. The van der Waals surface area contributed by atoms with Crippen LogP contribution in [-0.4, -0.2) is 24.1 Å². The predicted molar refractivity (Wildman–Crippen MR) is 169 cm³/mol. The Hall–Kier alpha value is -1.58. The first kappa shape index (κ1) is 36.4. The summed E-state index contributed by atoms with van der Waals surface area (Å²) in [5, 5.41) is 0. The van der Waals surface area contributed by atoms with Crippen LogP contribution in [-0.2, 0) is 19.1 Å². The maximum absolute atomic E-state index is 12.3. The van der Waals surface area contributed by atoms with E-state index in [0.29, 0.717) is 12.8 Å². The number of unbranched alkanes of at least 4 members (excludes halogenated alkanes) is 20. The van der Waals surface area contributed by atoms with Gasteiger partial charge in [-0.2, -0.15) is 0 Å². The SMILES string of the molecule is CCCCCCCCC=CCCCCCCC1OC(=O)C(CCCCCCC=CCCCCCCCC)OC1=O. The van der Waals surface area contributed by atoms with E-state index in [9.17, 15) is 9.59 Å². The number of carbonyl (C=O) groups is 2. The van der Waals surface area contributed by atoms with E-state index in [1.165, 1.54) is 103 Å². The third-order valence-electron chi connectivity index (χ3n) is 8.00. The second-order valence-corrected chi connectivity index (χ2v) is 11.9. The lowest BCUT2D eigenvalue weighted by Gasteiger charge is -2.27. The number of hydrogen-bond acceptors (Lipinski definition) is 4. The lowest BCUT2D eigenvalue weighted by molar-refractivity contribution is -0.196. The normalized spacial score (nSPS) is 17.6. The Kier molecular flexibility index (Phi) is 25.1. The van der Waals surface area contributed by atoms with E-state index in [4.69, 9.17) is 9.47 Å². The average Bonchev–Trinajstić information content (AvgIpc) is 2.95. The van der Waals surface area contributed by atoms with Crippen LogP contribution < -0.4 is 0 Å². The Bertz CT molecular complexity index is 597. The topological polar surface area (TPSA) is 52.6 Å². The first-order chi connectivity index (χ1) is 19.7. The molecule has 1 aliphatic rings. The van der Waals surface area contributed by atoms with Gasteiger partial charge < -0.3 is 9.47 Å². The lowest BCUT2D eigenvalue weighted by atomic mass is 10.0. The van der Waals surface area contributed by atoms with Gasteiger partial charge in [0, 0.05) is 0 Å². The molecule has 0 radical (unpaired) electrons. The standard InChI is InChI=1S/C36H64O4/c1-3-5-7-9-11-13-15-17-19-21-23-25-27-29-31-33-35(37)40-34(36(38)39-33)32-30-28-26-24-22-20-18-16-14-12-10-8-6-4-2/h17-20,33-34H,3-16,21-32H2,1-2H3. The second-order valence-electron chi connectivity index (χ2n) is 11.9. The van der Waals surface area contributed by atoms with Crippen LogP contribution in [0.25, 0.3) is 0 Å². The van der Waals surface area contributed by atoms with Crippen LogP contribution in [0.2, 0.25) is 0 Å². The smallest absolute Gasteiger partial charge is 0.348 e. The van der Waals surface area contributed by atoms with Gasteiger partial charge in [0.2, 0.25) is 0 Å². The minimum atomic E-state index is -0.705. The first-order valence-electron chi connectivity index (χ1n) is 17.4. The predicted octanol–water partition coefficient (Wildman–Crippen LogP) is 11.1. The fourth-order valence-electron chi connectivity index (χ4n) is 5.33. The molecule has 0 aromatic heterocycles. The third-order valence-corrected chi connectivity index (χ3v) is 8.00. The molecule has 2 unspecified atom stereocenters. The van der Waals surface area contributed by atoms with Crippen LogP contribution in [0.15, 0.2) is 24.3 Å². The first-order valence-corrected chi connectivity index (χ1v) is 17.4. The minimum absolute atomic E-state index is 0.349. The molecule has 2 atom stereocenters. The minimum Gasteiger partial charge on any atom is -0.448 e. The average molecular weight is 561 g/mol. The van der Waals surface area contributed by atoms with Gasteiger partial charge in [-0.25, -0.2) is 9.59 Å². The van der Waals surface area contributed by atoms with E-state index in [2.05, 4.69) is 38.2 Å². The van der Waals surface area contributed by atoms with E-state index in [0.717, 1.165) is 51.4 Å². The second kappa shape index (κ2) is 27.6. The van der Waals surface area contributed by atoms with Crippen molar-refractivity contribution in [1.82, 2.24) is 0 Å². The molecule has 40 heavy (non-hydrogen) atoms. The molecule has 0 bridgehead atoms. The summed E-state index contributed by atoms with van der Waals surface area (Å²) in [5.74, 6) is -0.699. The fraction of sp³-hybridized carbons (Fsp3) is 0.833. The van der Waals surface area contributed by atoms with E-state index < -0.39 is 12.2 Å². The highest BCUT2D eigenvalue weighted by Gasteiger charge is 2.37. The zero-order chi connectivity index (χ0) is 28.9. The number of cyclic esters (lactones) is 2. The van der Waals surface area contributed by atoms with Crippen molar-refractivity contribution in [3.63, 3.8) is 0 Å². The number of ether oxygens (including phenoxy) is 2. The summed E-state index contributed by atoms with van der Waals surface area (Å²) < 4.78 is 10.9. The molecule has 1 saturated heterocycles. The van der Waals surface area contributed by atoms with Gasteiger partial charge in [0.05, 0.1) is 0 Å². The van der Waals surface area contributed by atoms with Crippen molar-refractivity contribution in [1.29, 1.82) is 0 Å². The van der Waals surface area contributed by atoms with Crippen molar-refractivity contribution < 1.29 is 19.1 Å². The van der Waals surface area contributed by atoms with Crippen molar-refractivity contribution in [2.75, 3.05) is 0 Å². The lowest BCUT2D eigenvalue weighted by Crippen LogP contribution is -2.43. The summed E-state index contributed by atoms with van der Waals surface area (Å²) in [7, 11) is 0. The molecule has 1 aliphatic heterocycles. The van der Waals surface area contributed by atoms with E-state index in [1.807, 2.05) is 0 Å². The third kappa shape index (κ3) is 21.2. The van der Waals surface area contributed by atoms with Gasteiger partial charge in [-0.05, 0) is 77.0 Å². The summed E-state index contributed by atoms with van der Waals surface area (Å²) in [4.78, 5) is 24.7. The molecule has 0 aromatic carbocycles. The zero-order valence-electron chi connectivity index (χ0n) is 26.5. The van der Waals surface area contributed by atoms with Gasteiger partial charge in [-0.3, -0.25) is 0 Å².